The van der Waals surface area contributed by atoms with Crippen LogP contribution in [-0.4, -0.2) is 45.3 Å². The fourth-order valence-corrected chi connectivity index (χ4v) is 2.17. The third-order valence-corrected chi connectivity index (χ3v) is 3.22. The molecule has 0 unspecified atom stereocenters. The van der Waals surface area contributed by atoms with Crippen LogP contribution in [0.25, 0.3) is 5.82 Å². The van der Waals surface area contributed by atoms with E-state index in [1.165, 1.54) is 12.3 Å². The lowest BCUT2D eigenvalue weighted by Crippen LogP contribution is -2.44. The lowest BCUT2D eigenvalue weighted by Gasteiger charge is -2.09. The molecule has 0 bridgehead atoms. The van der Waals surface area contributed by atoms with Crippen LogP contribution in [0, 0.1) is 13.8 Å². The highest BCUT2D eigenvalue weighted by atomic mass is 16.5. The molecule has 0 saturated heterocycles. The van der Waals surface area contributed by atoms with Crippen LogP contribution in [0.5, 0.6) is 0 Å². The van der Waals surface area contributed by atoms with Gasteiger partial charge in [0.05, 0.1) is 11.3 Å². The van der Waals surface area contributed by atoms with Crippen molar-refractivity contribution in [2.45, 2.75) is 33.7 Å². The number of amides is 3. The second-order valence-corrected chi connectivity index (χ2v) is 6.00. The molecule has 0 aromatic carbocycles. The van der Waals surface area contributed by atoms with Gasteiger partial charge in [-0.2, -0.15) is 5.10 Å². The molecule has 3 amide bonds. The molecule has 0 atom stereocenters. The van der Waals surface area contributed by atoms with Crippen molar-refractivity contribution in [2.75, 3.05) is 6.61 Å². The van der Waals surface area contributed by atoms with Gasteiger partial charge in [-0.3, -0.25) is 10.1 Å². The first kappa shape index (κ1) is 19.1. The summed E-state index contributed by atoms with van der Waals surface area (Å²) in [6, 6.07) is 4.32. The molecule has 2 N–H and O–H groups in total. The van der Waals surface area contributed by atoms with Gasteiger partial charge in [0.25, 0.3) is 5.91 Å². The summed E-state index contributed by atoms with van der Waals surface area (Å²) in [7, 11) is 0. The Balaban J connectivity index is 1.91. The molecular weight excluding hydrogens is 338 g/mol. The Morgan fingerprint density at radius 3 is 2.50 bits per heavy atom. The van der Waals surface area contributed by atoms with Crippen LogP contribution in [0.3, 0.4) is 0 Å². The van der Waals surface area contributed by atoms with Crippen LogP contribution >= 0.6 is 0 Å². The summed E-state index contributed by atoms with van der Waals surface area (Å²) in [5.74, 6) is -0.865. The molecule has 0 aliphatic heterocycles. The summed E-state index contributed by atoms with van der Waals surface area (Å²) in [5, 5.41) is 8.86. The fraction of sp³-hybridized carbons (Fsp3) is 0.353. The van der Waals surface area contributed by atoms with E-state index in [-0.39, 0.29) is 11.6 Å². The van der Waals surface area contributed by atoms with Crippen molar-refractivity contribution in [3.63, 3.8) is 0 Å². The Morgan fingerprint density at radius 1 is 1.23 bits per heavy atom. The number of aromatic nitrogens is 3. The molecule has 0 fully saturated rings. The van der Waals surface area contributed by atoms with Crippen LogP contribution in [0.15, 0.2) is 24.4 Å². The number of pyridine rings is 1. The van der Waals surface area contributed by atoms with Crippen molar-refractivity contribution in [1.29, 1.82) is 0 Å². The maximum atomic E-state index is 12.0. The van der Waals surface area contributed by atoms with Gasteiger partial charge in [0.1, 0.15) is 0 Å². The summed E-state index contributed by atoms with van der Waals surface area (Å²) in [4.78, 5) is 39.1. The SMILES string of the molecule is Cc1cc(C)n(-c2ccc(C(=O)OCC(=O)NC(=O)NC(C)C)cn2)n1. The van der Waals surface area contributed by atoms with Gasteiger partial charge in [-0.15, -0.1) is 0 Å². The number of aryl methyl sites for hydroxylation is 2. The van der Waals surface area contributed by atoms with E-state index in [9.17, 15) is 14.4 Å². The van der Waals surface area contributed by atoms with Crippen LogP contribution in [0.4, 0.5) is 4.79 Å². The molecule has 9 heteroatoms. The van der Waals surface area contributed by atoms with Crippen molar-refractivity contribution in [3.8, 4) is 5.82 Å². The zero-order valence-electron chi connectivity index (χ0n) is 15.1. The Morgan fingerprint density at radius 2 is 1.96 bits per heavy atom. The molecule has 2 aromatic heterocycles. The second-order valence-electron chi connectivity index (χ2n) is 6.00. The number of nitrogens with one attached hydrogen (secondary N) is 2. The lowest BCUT2D eigenvalue weighted by atomic mass is 10.3. The van der Waals surface area contributed by atoms with E-state index in [2.05, 4.69) is 20.7 Å². The number of esters is 1. The minimum atomic E-state index is -0.719. The minimum absolute atomic E-state index is 0.114. The summed E-state index contributed by atoms with van der Waals surface area (Å²) in [6.07, 6.45) is 1.34. The summed E-state index contributed by atoms with van der Waals surface area (Å²) in [5.41, 5.74) is 1.97. The smallest absolute Gasteiger partial charge is 0.340 e. The van der Waals surface area contributed by atoms with Gasteiger partial charge in [0, 0.05) is 17.9 Å². The van der Waals surface area contributed by atoms with Gasteiger partial charge in [-0.25, -0.2) is 19.3 Å². The highest BCUT2D eigenvalue weighted by molar-refractivity contribution is 5.97. The predicted molar refractivity (Wildman–Crippen MR) is 92.9 cm³/mol. The molecule has 0 spiro atoms. The van der Waals surface area contributed by atoms with Crippen molar-refractivity contribution in [2.24, 2.45) is 0 Å². The molecule has 2 rings (SSSR count). The minimum Gasteiger partial charge on any atom is -0.452 e. The third kappa shape index (κ3) is 5.13. The van der Waals surface area contributed by atoms with E-state index in [0.717, 1.165) is 11.4 Å². The van der Waals surface area contributed by atoms with E-state index in [1.807, 2.05) is 19.9 Å². The monoisotopic (exact) mass is 359 g/mol. The average molecular weight is 359 g/mol. The van der Waals surface area contributed by atoms with E-state index in [1.54, 1.807) is 24.6 Å². The highest BCUT2D eigenvalue weighted by Crippen LogP contribution is 2.10. The van der Waals surface area contributed by atoms with Crippen molar-refractivity contribution < 1.29 is 19.1 Å². The lowest BCUT2D eigenvalue weighted by molar-refractivity contribution is -0.123. The molecule has 0 aliphatic carbocycles. The van der Waals surface area contributed by atoms with Crippen molar-refractivity contribution >= 4 is 17.9 Å². The molecule has 0 aliphatic rings. The number of hydrogen-bond acceptors (Lipinski definition) is 6. The maximum Gasteiger partial charge on any atom is 0.340 e. The van der Waals surface area contributed by atoms with E-state index in [0.29, 0.717) is 5.82 Å². The summed E-state index contributed by atoms with van der Waals surface area (Å²) >= 11 is 0. The van der Waals surface area contributed by atoms with Gasteiger partial charge in [-0.1, -0.05) is 0 Å². The standard InChI is InChI=1S/C17H21N5O4/c1-10(2)19-17(25)20-15(23)9-26-16(24)13-5-6-14(18-8-13)22-12(4)7-11(3)21-22/h5-8,10H,9H2,1-4H3,(H2,19,20,23,25). The summed E-state index contributed by atoms with van der Waals surface area (Å²) in [6.45, 7) is 6.72. The van der Waals surface area contributed by atoms with E-state index < -0.39 is 24.5 Å². The first-order valence-electron chi connectivity index (χ1n) is 8.03. The first-order chi connectivity index (χ1) is 12.3. The molecule has 0 saturated carbocycles. The van der Waals surface area contributed by atoms with Gasteiger partial charge >= 0.3 is 12.0 Å². The zero-order chi connectivity index (χ0) is 19.3. The molecule has 138 valence electrons. The van der Waals surface area contributed by atoms with Crippen LogP contribution in [0.2, 0.25) is 0 Å². The first-order valence-corrected chi connectivity index (χ1v) is 8.03. The number of urea groups is 1. The van der Waals surface area contributed by atoms with E-state index >= 15 is 0 Å². The quantitative estimate of drug-likeness (QED) is 0.777. The van der Waals surface area contributed by atoms with Gasteiger partial charge in [0.2, 0.25) is 0 Å². The Labute approximate surface area is 150 Å². The number of ether oxygens (including phenoxy) is 1. The van der Waals surface area contributed by atoms with Crippen molar-refractivity contribution in [3.05, 3.63) is 41.3 Å². The van der Waals surface area contributed by atoms with Crippen LogP contribution in [-0.2, 0) is 9.53 Å². The third-order valence-electron chi connectivity index (χ3n) is 3.22. The number of carbonyl (C=O) groups excluding carboxylic acids is 3. The summed E-state index contributed by atoms with van der Waals surface area (Å²) < 4.78 is 6.53. The fourth-order valence-electron chi connectivity index (χ4n) is 2.17. The molecule has 9 nitrogen and oxygen atoms in total. The Kier molecular flexibility index (Phi) is 6.05. The van der Waals surface area contributed by atoms with Gasteiger partial charge < -0.3 is 10.1 Å². The van der Waals surface area contributed by atoms with Crippen LogP contribution in [0.1, 0.15) is 35.6 Å². The zero-order valence-corrected chi connectivity index (χ0v) is 15.1. The molecular formula is C17H21N5O4. The Hall–Kier alpha value is -3.23. The van der Waals surface area contributed by atoms with E-state index in [4.69, 9.17) is 4.74 Å². The predicted octanol–water partition coefficient (Wildman–Crippen LogP) is 1.28. The number of imide groups is 1. The van der Waals surface area contributed by atoms with Gasteiger partial charge in [0.15, 0.2) is 12.4 Å². The molecule has 0 radical (unpaired) electrons. The number of rotatable bonds is 5. The number of hydrogen-bond donors (Lipinski definition) is 2. The highest BCUT2D eigenvalue weighted by Gasteiger charge is 2.14. The Bertz CT molecular complexity index is 811. The number of nitrogens with zero attached hydrogens (tertiary/aromatic N) is 3. The largest absolute Gasteiger partial charge is 0.452 e. The second kappa shape index (κ2) is 8.24. The molecule has 2 aromatic rings. The molecule has 2 heterocycles. The maximum absolute atomic E-state index is 12.0. The van der Waals surface area contributed by atoms with Crippen LogP contribution < -0.4 is 10.6 Å². The topological polar surface area (TPSA) is 115 Å². The van der Waals surface area contributed by atoms with Gasteiger partial charge in [-0.05, 0) is 45.9 Å². The molecule has 26 heavy (non-hydrogen) atoms. The average Bonchev–Trinajstić information content (AvgIpc) is 2.90. The van der Waals surface area contributed by atoms with Crippen molar-refractivity contribution in [1.82, 2.24) is 25.4 Å². The normalized spacial score (nSPS) is 10.5. The number of carbonyl (C=O) groups is 3.